The molecule has 39 heavy (non-hydrogen) atoms. The van der Waals surface area contributed by atoms with Crippen LogP contribution in [-0.2, 0) is 14.3 Å². The van der Waals surface area contributed by atoms with Gasteiger partial charge in [0, 0.05) is 24.2 Å². The first-order chi connectivity index (χ1) is 18.9. The van der Waals surface area contributed by atoms with E-state index < -0.39 is 18.1 Å². The van der Waals surface area contributed by atoms with E-state index in [1.807, 2.05) is 53.4 Å². The van der Waals surface area contributed by atoms with Gasteiger partial charge < -0.3 is 25.4 Å². The fourth-order valence-electron chi connectivity index (χ4n) is 4.36. The van der Waals surface area contributed by atoms with E-state index in [0.29, 0.717) is 54.8 Å². The Kier molecular flexibility index (Phi) is 7.29. The van der Waals surface area contributed by atoms with Crippen molar-refractivity contribution in [2.24, 2.45) is 15.7 Å². The summed E-state index contributed by atoms with van der Waals surface area (Å²) in [7, 11) is 0. The zero-order valence-electron chi connectivity index (χ0n) is 21.2. The van der Waals surface area contributed by atoms with Gasteiger partial charge in [-0.1, -0.05) is 48.5 Å². The number of rotatable bonds is 4. The van der Waals surface area contributed by atoms with E-state index in [4.69, 9.17) is 20.6 Å². The average Bonchev–Trinajstić information content (AvgIpc) is 3.09. The summed E-state index contributed by atoms with van der Waals surface area (Å²) < 4.78 is 11.0. The number of benzodiazepines with no additional fused rings is 1. The number of benzene rings is 2. The fourth-order valence-corrected chi connectivity index (χ4v) is 4.36. The summed E-state index contributed by atoms with van der Waals surface area (Å²) in [6, 6.07) is 20.0. The Labute approximate surface area is 225 Å². The number of nitrogens with two attached hydrogens (primary N) is 1. The molecule has 1 saturated heterocycles. The van der Waals surface area contributed by atoms with Gasteiger partial charge in [-0.25, -0.2) is 9.98 Å². The molecule has 0 aliphatic carbocycles. The molecule has 196 valence electrons. The molecule has 2 aliphatic heterocycles. The molecule has 1 unspecified atom stereocenters. The molecule has 1 fully saturated rings. The summed E-state index contributed by atoms with van der Waals surface area (Å²) in [4.78, 5) is 28.4. The molecule has 1 aromatic heterocycles. The van der Waals surface area contributed by atoms with Crippen molar-refractivity contribution in [3.63, 3.8) is 0 Å². The number of carbonyl (C=O) groups excluding carboxylic acids is 1. The number of amides is 1. The Morgan fingerprint density at radius 3 is 2.67 bits per heavy atom. The summed E-state index contributed by atoms with van der Waals surface area (Å²) in [5.74, 6) is -0.366. The van der Waals surface area contributed by atoms with Crippen LogP contribution in [0.1, 0.15) is 27.9 Å². The lowest BCUT2D eigenvalue weighted by Crippen LogP contribution is -2.38. The van der Waals surface area contributed by atoms with Gasteiger partial charge in [-0.3, -0.25) is 10.2 Å². The summed E-state index contributed by atoms with van der Waals surface area (Å²) in [6.07, 6.45) is -1.26. The quantitative estimate of drug-likeness (QED) is 0.350. The van der Waals surface area contributed by atoms with Crippen LogP contribution >= 0.6 is 0 Å². The Morgan fingerprint density at radius 2 is 1.92 bits per heavy atom. The molecular formula is C28H26N8O3. The zero-order chi connectivity index (χ0) is 27.4. The maximum atomic E-state index is 13.1. The molecule has 1 amide bonds. The molecule has 0 bridgehead atoms. The highest BCUT2D eigenvalue weighted by Crippen LogP contribution is 2.25. The molecule has 0 spiro atoms. The van der Waals surface area contributed by atoms with E-state index in [-0.39, 0.29) is 11.5 Å². The average molecular weight is 523 g/mol. The van der Waals surface area contributed by atoms with Gasteiger partial charge >= 0.3 is 0 Å². The largest absolute Gasteiger partial charge is 0.407 e. The number of ether oxygens (including phenoxy) is 2. The zero-order valence-corrected chi connectivity index (χ0v) is 21.2. The summed E-state index contributed by atoms with van der Waals surface area (Å²) in [5.41, 5.74) is 9.93. The topological polar surface area (TPSA) is 162 Å². The number of para-hydroxylation sites is 1. The predicted molar refractivity (Wildman–Crippen MR) is 147 cm³/mol. The third kappa shape index (κ3) is 5.46. The standard InChI is InChI=1S/C28H26N8O3/c1-17-19(16-29)15-21(26(32-17)36-11-13-38-14-12-36)24(30)39-28(31)35-25-27(37)33-22-10-6-5-9-20(22)23(34-25)18-7-3-2-4-8-18/h2-10,15,25,30H,11-14H2,1H3,(H2,31,35)(H,33,37). The Bertz CT molecular complexity index is 1520. The summed E-state index contributed by atoms with van der Waals surface area (Å²) in [6.45, 7) is 3.90. The number of nitrogens with one attached hydrogen (secondary N) is 2. The third-order valence-electron chi connectivity index (χ3n) is 6.30. The predicted octanol–water partition coefficient (Wildman–Crippen LogP) is 2.57. The number of fused-ring (bicyclic) bond motifs is 1. The lowest BCUT2D eigenvalue weighted by atomic mass is 10.0. The molecule has 0 saturated carbocycles. The lowest BCUT2D eigenvalue weighted by molar-refractivity contribution is -0.117. The van der Waals surface area contributed by atoms with E-state index in [1.165, 1.54) is 0 Å². The monoisotopic (exact) mass is 522 g/mol. The second kappa shape index (κ2) is 11.1. The van der Waals surface area contributed by atoms with Crippen molar-refractivity contribution >= 4 is 35.0 Å². The number of pyridine rings is 1. The van der Waals surface area contributed by atoms with E-state index in [0.717, 1.165) is 11.1 Å². The Morgan fingerprint density at radius 1 is 1.21 bits per heavy atom. The molecule has 0 radical (unpaired) electrons. The number of hydrogen-bond donors (Lipinski definition) is 3. The minimum Gasteiger partial charge on any atom is -0.407 e. The van der Waals surface area contributed by atoms with Crippen LogP contribution in [0.3, 0.4) is 0 Å². The van der Waals surface area contributed by atoms with Crippen LogP contribution in [0.5, 0.6) is 0 Å². The number of aryl methyl sites for hydroxylation is 1. The van der Waals surface area contributed by atoms with Gasteiger partial charge in [-0.15, -0.1) is 0 Å². The molecule has 2 aromatic carbocycles. The van der Waals surface area contributed by atoms with Crippen LogP contribution < -0.4 is 16.0 Å². The van der Waals surface area contributed by atoms with Crippen molar-refractivity contribution in [2.75, 3.05) is 36.5 Å². The number of amidine groups is 1. The SMILES string of the molecule is Cc1nc(N2CCOCC2)c(C(=N)OC(N)=NC2N=C(c3ccccc3)c3ccccc3NC2=O)cc1C#N. The second-order valence-electron chi connectivity index (χ2n) is 8.85. The van der Waals surface area contributed by atoms with Gasteiger partial charge in [-0.2, -0.15) is 10.3 Å². The van der Waals surface area contributed by atoms with Gasteiger partial charge in [0.2, 0.25) is 12.1 Å². The van der Waals surface area contributed by atoms with E-state index in [9.17, 15) is 10.1 Å². The van der Waals surface area contributed by atoms with Crippen molar-refractivity contribution in [3.05, 3.63) is 88.6 Å². The summed E-state index contributed by atoms with van der Waals surface area (Å²) in [5, 5.41) is 21.0. The molecule has 1 atom stereocenters. The molecule has 11 nitrogen and oxygen atoms in total. The van der Waals surface area contributed by atoms with E-state index >= 15 is 0 Å². The third-order valence-corrected chi connectivity index (χ3v) is 6.30. The molecule has 11 heteroatoms. The number of carbonyl (C=O) groups is 1. The molecule has 2 aliphatic rings. The highest BCUT2D eigenvalue weighted by molar-refractivity contribution is 6.19. The normalized spacial score (nSPS) is 17.3. The van der Waals surface area contributed by atoms with Gasteiger partial charge in [0.25, 0.3) is 11.9 Å². The van der Waals surface area contributed by atoms with Crippen LogP contribution in [0.2, 0.25) is 0 Å². The second-order valence-corrected chi connectivity index (χ2v) is 8.85. The highest BCUT2D eigenvalue weighted by atomic mass is 16.5. The maximum Gasteiger partial charge on any atom is 0.291 e. The minimum atomic E-state index is -1.26. The minimum absolute atomic E-state index is 0.281. The Hall–Kier alpha value is -5.08. The van der Waals surface area contributed by atoms with Gasteiger partial charge in [-0.05, 0) is 19.1 Å². The molecule has 5 rings (SSSR count). The number of anilines is 2. The fraction of sp³-hybridized carbons (Fsp3) is 0.214. The molecule has 4 N–H and O–H groups in total. The number of hydrogen-bond acceptors (Lipinski definition) is 9. The summed E-state index contributed by atoms with van der Waals surface area (Å²) >= 11 is 0. The highest BCUT2D eigenvalue weighted by Gasteiger charge is 2.27. The van der Waals surface area contributed by atoms with Crippen LogP contribution in [0.4, 0.5) is 11.5 Å². The molecule has 3 heterocycles. The van der Waals surface area contributed by atoms with Gasteiger partial charge in [0.05, 0.1) is 41.4 Å². The number of morpholine rings is 1. The first-order valence-corrected chi connectivity index (χ1v) is 12.3. The molecular weight excluding hydrogens is 496 g/mol. The lowest BCUT2D eigenvalue weighted by Gasteiger charge is -2.29. The number of nitriles is 1. The van der Waals surface area contributed by atoms with Crippen molar-refractivity contribution in [1.82, 2.24) is 4.98 Å². The number of aliphatic imine (C=N–C) groups is 2. The van der Waals surface area contributed by atoms with Crippen LogP contribution in [0.15, 0.2) is 70.6 Å². The van der Waals surface area contributed by atoms with Gasteiger partial charge in [0.15, 0.2) is 0 Å². The van der Waals surface area contributed by atoms with Gasteiger partial charge in [0.1, 0.15) is 11.9 Å². The van der Waals surface area contributed by atoms with Crippen molar-refractivity contribution in [1.29, 1.82) is 10.7 Å². The maximum absolute atomic E-state index is 13.1. The Balaban J connectivity index is 1.47. The van der Waals surface area contributed by atoms with Crippen molar-refractivity contribution in [3.8, 4) is 6.07 Å². The first-order valence-electron chi connectivity index (χ1n) is 12.3. The van der Waals surface area contributed by atoms with Crippen LogP contribution in [0, 0.1) is 23.7 Å². The van der Waals surface area contributed by atoms with E-state index in [2.05, 4.69) is 26.4 Å². The number of nitrogens with zero attached hydrogens (tertiary/aromatic N) is 5. The smallest absolute Gasteiger partial charge is 0.291 e. The van der Waals surface area contributed by atoms with E-state index in [1.54, 1.807) is 19.1 Å². The number of aromatic nitrogens is 1. The van der Waals surface area contributed by atoms with Crippen LogP contribution in [0.25, 0.3) is 0 Å². The molecule has 3 aromatic rings. The van der Waals surface area contributed by atoms with Crippen molar-refractivity contribution < 1.29 is 14.3 Å². The first kappa shape index (κ1) is 25.6. The van der Waals surface area contributed by atoms with Crippen molar-refractivity contribution in [2.45, 2.75) is 13.1 Å². The van der Waals surface area contributed by atoms with Crippen LogP contribution in [-0.4, -0.2) is 61.0 Å².